The second-order valence-corrected chi connectivity index (χ2v) is 6.46. The van der Waals surface area contributed by atoms with Crippen molar-refractivity contribution in [3.05, 3.63) is 34.4 Å². The van der Waals surface area contributed by atoms with Crippen LogP contribution in [0.3, 0.4) is 0 Å². The molecule has 1 heterocycles. The normalized spacial score (nSPS) is 23.1. The molecule has 10 heteroatoms. The Hall–Kier alpha value is -2.04. The van der Waals surface area contributed by atoms with Crippen LogP contribution in [0, 0.1) is 10.1 Å². The van der Waals surface area contributed by atoms with Crippen LogP contribution in [0.4, 0.5) is 5.69 Å². The van der Waals surface area contributed by atoms with Gasteiger partial charge in [0, 0.05) is 25.1 Å². The minimum Gasteiger partial charge on any atom is -0.480 e. The molecule has 0 amide bonds. The zero-order valence-corrected chi connectivity index (χ0v) is 11.4. The number of aliphatic hydroxyl groups is 1. The van der Waals surface area contributed by atoms with Gasteiger partial charge in [-0.2, -0.15) is 4.31 Å². The number of aliphatic hydroxyl groups excluding tert-OH is 1. The zero-order valence-electron chi connectivity index (χ0n) is 10.6. The third kappa shape index (κ3) is 2.86. The van der Waals surface area contributed by atoms with Gasteiger partial charge in [0.1, 0.15) is 6.04 Å². The second kappa shape index (κ2) is 5.39. The van der Waals surface area contributed by atoms with Crippen LogP contribution in [0.15, 0.2) is 29.2 Å². The topological polar surface area (TPSA) is 138 Å². The summed E-state index contributed by atoms with van der Waals surface area (Å²) < 4.78 is 25.4. The van der Waals surface area contributed by atoms with Gasteiger partial charge in [-0.05, 0) is 12.1 Å². The van der Waals surface area contributed by atoms with E-state index in [0.29, 0.717) is 4.31 Å². The van der Waals surface area contributed by atoms with Crippen molar-refractivity contribution >= 4 is 21.7 Å². The molecule has 9 nitrogen and oxygen atoms in total. The van der Waals surface area contributed by atoms with Crippen LogP contribution in [0.2, 0.25) is 0 Å². The molecule has 2 rings (SSSR count). The monoisotopic (exact) mass is 316 g/mol. The van der Waals surface area contributed by atoms with Crippen LogP contribution < -0.4 is 0 Å². The summed E-state index contributed by atoms with van der Waals surface area (Å²) in [7, 11) is -4.14. The molecule has 2 N–H and O–H groups in total. The highest BCUT2D eigenvalue weighted by atomic mass is 32.2. The first kappa shape index (κ1) is 15.4. The lowest BCUT2D eigenvalue weighted by atomic mass is 10.2. The minimum atomic E-state index is -4.14. The molecule has 0 saturated carbocycles. The summed E-state index contributed by atoms with van der Waals surface area (Å²) in [6.07, 6.45) is -1.25. The number of rotatable bonds is 4. The maximum Gasteiger partial charge on any atom is 0.322 e. The van der Waals surface area contributed by atoms with Gasteiger partial charge in [-0.1, -0.05) is 0 Å². The van der Waals surface area contributed by atoms with E-state index in [0.717, 1.165) is 24.3 Å². The van der Waals surface area contributed by atoms with E-state index in [4.69, 9.17) is 5.11 Å². The molecule has 0 aliphatic carbocycles. The summed E-state index contributed by atoms with van der Waals surface area (Å²) in [5, 5.41) is 29.0. The maximum atomic E-state index is 12.4. The average molecular weight is 316 g/mol. The third-order valence-corrected chi connectivity index (χ3v) is 5.06. The number of nitrogens with zero attached hydrogens (tertiary/aromatic N) is 2. The van der Waals surface area contributed by atoms with E-state index in [-0.39, 0.29) is 23.5 Å². The molecule has 0 unspecified atom stereocenters. The van der Waals surface area contributed by atoms with Crippen LogP contribution >= 0.6 is 0 Å². The number of carbonyl (C=O) groups is 1. The zero-order chi connectivity index (χ0) is 15.8. The van der Waals surface area contributed by atoms with E-state index in [1.165, 1.54) is 0 Å². The molecule has 1 aromatic rings. The fraction of sp³-hybridized carbons (Fsp3) is 0.364. The smallest absolute Gasteiger partial charge is 0.322 e. The highest BCUT2D eigenvalue weighted by Crippen LogP contribution is 2.27. The van der Waals surface area contributed by atoms with Crippen LogP contribution in [-0.2, 0) is 14.8 Å². The number of sulfonamides is 1. The van der Waals surface area contributed by atoms with Gasteiger partial charge < -0.3 is 10.2 Å². The summed E-state index contributed by atoms with van der Waals surface area (Å²) >= 11 is 0. The molecule has 1 aliphatic heterocycles. The number of carboxylic acid groups (broad SMARTS) is 1. The maximum absolute atomic E-state index is 12.4. The van der Waals surface area contributed by atoms with E-state index >= 15 is 0 Å². The van der Waals surface area contributed by atoms with Crippen molar-refractivity contribution in [1.82, 2.24) is 4.31 Å². The largest absolute Gasteiger partial charge is 0.480 e. The van der Waals surface area contributed by atoms with Gasteiger partial charge in [0.2, 0.25) is 10.0 Å². The Bertz CT molecular complexity index is 670. The molecule has 1 fully saturated rings. The molecule has 0 aromatic heterocycles. The van der Waals surface area contributed by atoms with E-state index in [9.17, 15) is 28.4 Å². The quantitative estimate of drug-likeness (QED) is 0.579. The molecular weight excluding hydrogens is 304 g/mol. The van der Waals surface area contributed by atoms with Gasteiger partial charge in [-0.25, -0.2) is 8.42 Å². The summed E-state index contributed by atoms with van der Waals surface area (Å²) in [5.41, 5.74) is -0.273. The highest BCUT2D eigenvalue weighted by molar-refractivity contribution is 7.89. The van der Waals surface area contributed by atoms with E-state index in [1.807, 2.05) is 0 Å². The first-order valence-corrected chi connectivity index (χ1v) is 7.34. The molecule has 114 valence electrons. The Kier molecular flexibility index (Phi) is 3.94. The number of hydrogen-bond acceptors (Lipinski definition) is 6. The summed E-state index contributed by atoms with van der Waals surface area (Å²) in [4.78, 5) is 20.7. The van der Waals surface area contributed by atoms with E-state index in [1.54, 1.807) is 0 Å². The van der Waals surface area contributed by atoms with E-state index < -0.39 is 33.1 Å². The number of aliphatic carboxylic acids is 1. The number of nitro groups is 1. The number of benzene rings is 1. The molecule has 1 aliphatic rings. The Morgan fingerprint density at radius 2 is 1.90 bits per heavy atom. The predicted octanol–water partition coefficient (Wildman–Crippen LogP) is -0.197. The van der Waals surface area contributed by atoms with Crippen molar-refractivity contribution < 1.29 is 28.3 Å². The third-order valence-electron chi connectivity index (χ3n) is 3.17. The molecule has 1 aromatic carbocycles. The number of non-ortho nitro benzene ring substituents is 1. The first-order valence-electron chi connectivity index (χ1n) is 5.90. The van der Waals surface area contributed by atoms with Gasteiger partial charge in [0.05, 0.1) is 15.9 Å². The Labute approximate surface area is 119 Å². The van der Waals surface area contributed by atoms with Gasteiger partial charge >= 0.3 is 5.97 Å². The standard InChI is InChI=1S/C11H12N2O7S/c14-8-5-10(11(15)16)12(6-8)21(19,20)9-3-1-7(2-4-9)13(17)18/h1-4,8,10,14H,5-6H2,(H,15,16)/t8-,10-/m0/s1. The van der Waals surface area contributed by atoms with Crippen LogP contribution in [0.1, 0.15) is 6.42 Å². The Morgan fingerprint density at radius 1 is 1.33 bits per heavy atom. The summed E-state index contributed by atoms with van der Waals surface area (Å²) in [6, 6.07) is 2.78. The van der Waals surface area contributed by atoms with Crippen molar-refractivity contribution in [2.75, 3.05) is 6.54 Å². The number of nitro benzene ring substituents is 1. The van der Waals surface area contributed by atoms with Crippen molar-refractivity contribution in [3.8, 4) is 0 Å². The van der Waals surface area contributed by atoms with Gasteiger partial charge in [-0.3, -0.25) is 14.9 Å². The van der Waals surface area contributed by atoms with Crippen LogP contribution in [0.25, 0.3) is 0 Å². The highest BCUT2D eigenvalue weighted by Gasteiger charge is 2.43. The first-order chi connectivity index (χ1) is 9.73. The van der Waals surface area contributed by atoms with Crippen molar-refractivity contribution in [2.45, 2.75) is 23.5 Å². The minimum absolute atomic E-state index is 0.193. The fourth-order valence-corrected chi connectivity index (χ4v) is 3.78. The molecule has 0 bridgehead atoms. The molecular formula is C11H12N2O7S. The van der Waals surface area contributed by atoms with Gasteiger partial charge in [0.25, 0.3) is 5.69 Å². The van der Waals surface area contributed by atoms with Crippen LogP contribution in [0.5, 0.6) is 0 Å². The van der Waals surface area contributed by atoms with Crippen molar-refractivity contribution in [3.63, 3.8) is 0 Å². The molecule has 21 heavy (non-hydrogen) atoms. The second-order valence-electron chi connectivity index (χ2n) is 4.57. The molecule has 1 saturated heterocycles. The Morgan fingerprint density at radius 3 is 2.38 bits per heavy atom. The van der Waals surface area contributed by atoms with Crippen molar-refractivity contribution in [1.29, 1.82) is 0 Å². The summed E-state index contributed by atoms with van der Waals surface area (Å²) in [5.74, 6) is -1.35. The fourth-order valence-electron chi connectivity index (χ4n) is 2.15. The SMILES string of the molecule is O=C(O)[C@@H]1C[C@H](O)CN1S(=O)(=O)c1ccc([N+](=O)[O-])cc1. The number of carboxylic acids is 1. The molecule has 0 spiro atoms. The molecule has 0 radical (unpaired) electrons. The lowest BCUT2D eigenvalue weighted by molar-refractivity contribution is -0.384. The number of β-amino-alcohol motifs (C(OH)–C–C–N with tert-alkyl or cyclic N) is 1. The summed E-state index contributed by atoms with van der Waals surface area (Å²) in [6.45, 7) is -0.323. The number of hydrogen-bond donors (Lipinski definition) is 2. The Balaban J connectivity index is 2.37. The predicted molar refractivity (Wildman–Crippen MR) is 69.0 cm³/mol. The molecule has 2 atom stereocenters. The van der Waals surface area contributed by atoms with Gasteiger partial charge in [0.15, 0.2) is 0 Å². The van der Waals surface area contributed by atoms with E-state index in [2.05, 4.69) is 0 Å². The average Bonchev–Trinajstić information content (AvgIpc) is 2.82. The van der Waals surface area contributed by atoms with Gasteiger partial charge in [-0.15, -0.1) is 0 Å². The van der Waals surface area contributed by atoms with Crippen molar-refractivity contribution in [2.24, 2.45) is 0 Å². The van der Waals surface area contributed by atoms with Crippen LogP contribution in [-0.4, -0.2) is 52.5 Å². The lowest BCUT2D eigenvalue weighted by Crippen LogP contribution is -2.40. The lowest BCUT2D eigenvalue weighted by Gasteiger charge is -2.20.